The molecule has 3 unspecified atom stereocenters. The van der Waals surface area contributed by atoms with Crippen LogP contribution in [0.25, 0.3) is 0 Å². The third-order valence-electron chi connectivity index (χ3n) is 2.67. The van der Waals surface area contributed by atoms with Gasteiger partial charge >= 0.3 is 0 Å². The van der Waals surface area contributed by atoms with Gasteiger partial charge in [0.05, 0.1) is 6.10 Å². The van der Waals surface area contributed by atoms with Crippen LogP contribution in [0.1, 0.15) is 25.5 Å². The fraction of sp³-hybridized carbons (Fsp3) is 0.538. The molecular formula is C13H22N2O. The topological polar surface area (TPSA) is 49.5 Å². The summed E-state index contributed by atoms with van der Waals surface area (Å²) in [6.45, 7) is 4.41. The van der Waals surface area contributed by atoms with Gasteiger partial charge in [-0.05, 0) is 26.5 Å². The minimum Gasteiger partial charge on any atom is -0.392 e. The number of aliphatic hydroxyl groups excluding tert-OH is 1. The second kappa shape index (κ2) is 5.99. The van der Waals surface area contributed by atoms with E-state index >= 15 is 0 Å². The normalized spacial score (nSPS) is 17.1. The molecule has 3 nitrogen and oxygen atoms in total. The van der Waals surface area contributed by atoms with Gasteiger partial charge in [-0.2, -0.15) is 0 Å². The van der Waals surface area contributed by atoms with Crippen molar-refractivity contribution >= 4 is 0 Å². The molecular weight excluding hydrogens is 200 g/mol. The van der Waals surface area contributed by atoms with Crippen molar-refractivity contribution in [2.45, 2.75) is 32.0 Å². The van der Waals surface area contributed by atoms with Gasteiger partial charge in [-0.25, -0.2) is 0 Å². The van der Waals surface area contributed by atoms with Gasteiger partial charge in [0.25, 0.3) is 0 Å². The fourth-order valence-electron chi connectivity index (χ4n) is 2.14. The van der Waals surface area contributed by atoms with Crippen LogP contribution < -0.4 is 5.73 Å². The lowest BCUT2D eigenvalue weighted by Crippen LogP contribution is -2.40. The van der Waals surface area contributed by atoms with Gasteiger partial charge in [-0.1, -0.05) is 30.3 Å². The van der Waals surface area contributed by atoms with Crippen molar-refractivity contribution in [3.63, 3.8) is 0 Å². The van der Waals surface area contributed by atoms with Crippen molar-refractivity contribution in [3.05, 3.63) is 35.9 Å². The van der Waals surface area contributed by atoms with Gasteiger partial charge in [-0.3, -0.25) is 4.90 Å². The number of hydrogen-bond acceptors (Lipinski definition) is 3. The van der Waals surface area contributed by atoms with Crippen molar-refractivity contribution in [1.29, 1.82) is 0 Å². The van der Waals surface area contributed by atoms with Crippen LogP contribution in [0.4, 0.5) is 0 Å². The number of nitrogens with two attached hydrogens (primary N) is 1. The Bertz CT molecular complexity index is 298. The number of benzene rings is 1. The zero-order valence-corrected chi connectivity index (χ0v) is 10.3. The Labute approximate surface area is 97.9 Å². The Morgan fingerprint density at radius 3 is 2.25 bits per heavy atom. The predicted octanol–water partition coefficient (Wildman–Crippen LogP) is 1.39. The van der Waals surface area contributed by atoms with E-state index in [1.165, 1.54) is 5.56 Å². The molecule has 0 spiro atoms. The highest BCUT2D eigenvalue weighted by Crippen LogP contribution is 2.21. The molecule has 90 valence electrons. The molecule has 0 heterocycles. The second-order valence-corrected chi connectivity index (χ2v) is 4.50. The first-order chi connectivity index (χ1) is 7.52. The molecule has 16 heavy (non-hydrogen) atoms. The van der Waals surface area contributed by atoms with E-state index in [0.29, 0.717) is 6.54 Å². The van der Waals surface area contributed by atoms with Gasteiger partial charge in [0.15, 0.2) is 0 Å². The lowest BCUT2D eigenvalue weighted by molar-refractivity contribution is 0.110. The molecule has 0 radical (unpaired) electrons. The highest BCUT2D eigenvalue weighted by molar-refractivity contribution is 5.20. The smallest absolute Gasteiger partial charge is 0.0639 e. The number of aliphatic hydroxyl groups is 1. The monoisotopic (exact) mass is 222 g/mol. The van der Waals surface area contributed by atoms with Crippen LogP contribution in [0.5, 0.6) is 0 Å². The third-order valence-corrected chi connectivity index (χ3v) is 2.67. The van der Waals surface area contributed by atoms with Crippen LogP contribution in [-0.2, 0) is 0 Å². The zero-order chi connectivity index (χ0) is 12.1. The van der Waals surface area contributed by atoms with Crippen LogP contribution >= 0.6 is 0 Å². The van der Waals surface area contributed by atoms with Gasteiger partial charge in [0.1, 0.15) is 0 Å². The second-order valence-electron chi connectivity index (χ2n) is 4.50. The molecule has 3 heteroatoms. The highest BCUT2D eigenvalue weighted by atomic mass is 16.3. The molecule has 0 aromatic heterocycles. The number of hydrogen-bond donors (Lipinski definition) is 2. The first kappa shape index (κ1) is 13.2. The van der Waals surface area contributed by atoms with E-state index in [2.05, 4.69) is 17.0 Å². The molecule has 0 amide bonds. The Morgan fingerprint density at radius 2 is 1.81 bits per heavy atom. The Hall–Kier alpha value is -0.900. The van der Waals surface area contributed by atoms with Crippen molar-refractivity contribution in [3.8, 4) is 0 Å². The minimum absolute atomic E-state index is 0.0335. The molecule has 3 N–H and O–H groups in total. The molecule has 3 atom stereocenters. The highest BCUT2D eigenvalue weighted by Gasteiger charge is 2.21. The van der Waals surface area contributed by atoms with Crippen LogP contribution in [0.15, 0.2) is 30.3 Å². The van der Waals surface area contributed by atoms with E-state index in [4.69, 9.17) is 5.73 Å². The minimum atomic E-state index is -0.338. The summed E-state index contributed by atoms with van der Waals surface area (Å²) in [5.41, 5.74) is 7.22. The average Bonchev–Trinajstić information content (AvgIpc) is 2.17. The maximum atomic E-state index is 9.42. The van der Waals surface area contributed by atoms with E-state index in [0.717, 1.165) is 0 Å². The molecule has 1 rings (SSSR count). The van der Waals surface area contributed by atoms with Gasteiger partial charge in [0, 0.05) is 18.6 Å². The molecule has 0 bridgehead atoms. The lowest BCUT2D eigenvalue weighted by atomic mass is 9.99. The van der Waals surface area contributed by atoms with Crippen LogP contribution in [0.3, 0.4) is 0 Å². The molecule has 0 fully saturated rings. The first-order valence-corrected chi connectivity index (χ1v) is 5.71. The molecule has 0 saturated carbocycles. The maximum Gasteiger partial charge on any atom is 0.0639 e. The van der Waals surface area contributed by atoms with Gasteiger partial charge in [-0.15, -0.1) is 0 Å². The Morgan fingerprint density at radius 1 is 1.25 bits per heavy atom. The number of rotatable bonds is 5. The summed E-state index contributed by atoms with van der Waals surface area (Å²) < 4.78 is 0. The summed E-state index contributed by atoms with van der Waals surface area (Å²) in [5, 5.41) is 9.42. The first-order valence-electron chi connectivity index (χ1n) is 5.71. The average molecular weight is 222 g/mol. The summed E-state index contributed by atoms with van der Waals surface area (Å²) >= 11 is 0. The van der Waals surface area contributed by atoms with E-state index in [-0.39, 0.29) is 18.2 Å². The van der Waals surface area contributed by atoms with E-state index in [9.17, 15) is 5.11 Å². The van der Waals surface area contributed by atoms with Crippen molar-refractivity contribution < 1.29 is 5.11 Å². The molecule has 1 aromatic rings. The van der Waals surface area contributed by atoms with Gasteiger partial charge in [0.2, 0.25) is 0 Å². The SMILES string of the molecule is CC(O)CN(C)C(c1ccccc1)C(C)N. The summed E-state index contributed by atoms with van der Waals surface area (Å²) in [7, 11) is 1.99. The van der Waals surface area contributed by atoms with Crippen LogP contribution in [0.2, 0.25) is 0 Å². The summed E-state index contributed by atoms with van der Waals surface area (Å²) in [4.78, 5) is 2.10. The van der Waals surface area contributed by atoms with Crippen LogP contribution in [-0.4, -0.2) is 35.7 Å². The largest absolute Gasteiger partial charge is 0.392 e. The molecule has 1 aromatic carbocycles. The number of likely N-dealkylation sites (N-methyl/N-ethyl adjacent to an activating group) is 1. The molecule has 0 aliphatic heterocycles. The Kier molecular flexibility index (Phi) is 4.93. The number of nitrogens with zero attached hydrogens (tertiary/aromatic N) is 1. The lowest BCUT2D eigenvalue weighted by Gasteiger charge is -2.32. The van der Waals surface area contributed by atoms with Crippen molar-refractivity contribution in [2.24, 2.45) is 5.73 Å². The fourth-order valence-corrected chi connectivity index (χ4v) is 2.14. The quantitative estimate of drug-likeness (QED) is 0.791. The Balaban J connectivity index is 2.83. The molecule has 0 saturated heterocycles. The standard InChI is InChI=1S/C13H22N2O/c1-10(16)9-15(3)13(11(2)14)12-7-5-4-6-8-12/h4-8,10-11,13,16H,9,14H2,1-3H3. The zero-order valence-electron chi connectivity index (χ0n) is 10.3. The third kappa shape index (κ3) is 3.59. The summed E-state index contributed by atoms with van der Waals surface area (Å²) in [6.07, 6.45) is -0.338. The predicted molar refractivity (Wildman–Crippen MR) is 67.1 cm³/mol. The van der Waals surface area contributed by atoms with E-state index in [1.54, 1.807) is 6.92 Å². The molecule has 0 aliphatic carbocycles. The maximum absolute atomic E-state index is 9.42. The van der Waals surface area contributed by atoms with Crippen LogP contribution in [0, 0.1) is 0 Å². The van der Waals surface area contributed by atoms with E-state index < -0.39 is 0 Å². The summed E-state index contributed by atoms with van der Waals surface area (Å²) in [5.74, 6) is 0. The van der Waals surface area contributed by atoms with E-state index in [1.807, 2.05) is 32.2 Å². The van der Waals surface area contributed by atoms with Crippen molar-refractivity contribution in [2.75, 3.05) is 13.6 Å². The summed E-state index contributed by atoms with van der Waals surface area (Å²) in [6, 6.07) is 10.4. The van der Waals surface area contributed by atoms with Crippen molar-refractivity contribution in [1.82, 2.24) is 4.90 Å². The molecule has 0 aliphatic rings. The van der Waals surface area contributed by atoms with Gasteiger partial charge < -0.3 is 10.8 Å².